The van der Waals surface area contributed by atoms with Crippen molar-refractivity contribution < 1.29 is 22.8 Å². The van der Waals surface area contributed by atoms with E-state index in [1.54, 1.807) is 0 Å². The van der Waals surface area contributed by atoms with E-state index in [-0.39, 0.29) is 22.4 Å². The number of nitrogen functional groups attached to an aromatic ring is 1. The molecule has 0 saturated heterocycles. The number of ether oxygens (including phenoxy) is 2. The molecule has 0 unspecified atom stereocenters. The molecule has 0 fully saturated rings. The van der Waals surface area contributed by atoms with Gasteiger partial charge in [0.05, 0.1) is 24.7 Å². The predicted molar refractivity (Wildman–Crippen MR) is 73.3 cm³/mol. The van der Waals surface area contributed by atoms with Gasteiger partial charge in [-0.15, -0.1) is 0 Å². The molecule has 0 aliphatic carbocycles. The Bertz CT molecular complexity index is 556. The molecule has 0 amide bonds. The summed E-state index contributed by atoms with van der Waals surface area (Å²) in [6.07, 6.45) is 0. The lowest BCUT2D eigenvalue weighted by Gasteiger charge is -2.05. The lowest BCUT2D eigenvalue weighted by atomic mass is 10.5. The fourth-order valence-corrected chi connectivity index (χ4v) is 3.48. The number of anilines is 1. The summed E-state index contributed by atoms with van der Waals surface area (Å²) in [5, 5.41) is 10.5. The first-order valence-electron chi connectivity index (χ1n) is 5.48. The fourth-order valence-electron chi connectivity index (χ4n) is 1.21. The lowest BCUT2D eigenvalue weighted by Crippen LogP contribution is -2.27. The molecule has 3 N–H and O–H groups in total. The third kappa shape index (κ3) is 4.68. The second-order valence-electron chi connectivity index (χ2n) is 3.57. The Morgan fingerprint density at radius 2 is 2.15 bits per heavy atom. The molecule has 1 rings (SSSR count). The van der Waals surface area contributed by atoms with Crippen molar-refractivity contribution in [2.45, 2.75) is 4.21 Å². The van der Waals surface area contributed by atoms with E-state index >= 15 is 0 Å². The van der Waals surface area contributed by atoms with Crippen LogP contribution in [0.3, 0.4) is 0 Å². The van der Waals surface area contributed by atoms with Gasteiger partial charge in [-0.25, -0.2) is 13.1 Å². The van der Waals surface area contributed by atoms with Crippen LogP contribution in [0.4, 0.5) is 10.7 Å². The van der Waals surface area contributed by atoms with Crippen LogP contribution >= 0.6 is 11.3 Å². The minimum atomic E-state index is -3.82. The highest BCUT2D eigenvalue weighted by Gasteiger charge is 2.24. The van der Waals surface area contributed by atoms with Crippen LogP contribution in [-0.2, 0) is 19.5 Å². The van der Waals surface area contributed by atoms with Crippen LogP contribution < -0.4 is 10.5 Å². The predicted octanol–water partition coefficient (Wildman–Crippen LogP) is 0.180. The van der Waals surface area contributed by atoms with Crippen molar-refractivity contribution in [3.63, 3.8) is 0 Å². The molecule has 0 spiro atoms. The standard InChI is InChI=1S/C9H15N3O6S2/c1-17-4-5-18-3-2-11-20(15,16)8-6-7(12(13)14)9(10)19-8/h6,11H,2-5,10H2,1H3. The van der Waals surface area contributed by atoms with Crippen molar-refractivity contribution in [3.05, 3.63) is 16.2 Å². The topological polar surface area (TPSA) is 134 Å². The molecule has 0 atom stereocenters. The number of thiophene rings is 1. The average molecular weight is 325 g/mol. The van der Waals surface area contributed by atoms with Crippen LogP contribution in [0.2, 0.25) is 0 Å². The maximum atomic E-state index is 11.9. The highest BCUT2D eigenvalue weighted by molar-refractivity contribution is 7.91. The molecule has 11 heteroatoms. The average Bonchev–Trinajstić information content (AvgIpc) is 2.76. The van der Waals surface area contributed by atoms with E-state index in [4.69, 9.17) is 15.2 Å². The maximum absolute atomic E-state index is 11.9. The van der Waals surface area contributed by atoms with Crippen molar-refractivity contribution in [2.75, 3.05) is 39.2 Å². The Hall–Kier alpha value is -1.27. The first-order valence-corrected chi connectivity index (χ1v) is 7.78. The van der Waals surface area contributed by atoms with E-state index in [1.807, 2.05) is 0 Å². The monoisotopic (exact) mass is 325 g/mol. The van der Waals surface area contributed by atoms with E-state index in [2.05, 4.69) is 4.72 Å². The third-order valence-corrected chi connectivity index (χ3v) is 5.04. The van der Waals surface area contributed by atoms with Crippen molar-refractivity contribution in [1.82, 2.24) is 4.72 Å². The molecule has 0 aliphatic rings. The number of nitrogens with two attached hydrogens (primary N) is 1. The second-order valence-corrected chi connectivity index (χ2v) is 6.65. The number of sulfonamides is 1. The molecular weight excluding hydrogens is 310 g/mol. The Kier molecular flexibility index (Phi) is 6.29. The first-order chi connectivity index (χ1) is 9.38. The summed E-state index contributed by atoms with van der Waals surface area (Å²) in [6, 6.07) is 0.939. The van der Waals surface area contributed by atoms with E-state index in [0.29, 0.717) is 24.6 Å². The summed E-state index contributed by atoms with van der Waals surface area (Å²) in [6.45, 7) is 0.999. The van der Waals surface area contributed by atoms with Gasteiger partial charge in [-0.1, -0.05) is 11.3 Å². The van der Waals surface area contributed by atoms with Gasteiger partial charge in [0.2, 0.25) is 10.0 Å². The molecule has 0 saturated carbocycles. The molecule has 0 aliphatic heterocycles. The highest BCUT2D eigenvalue weighted by atomic mass is 32.2. The smallest absolute Gasteiger partial charge is 0.304 e. The molecule has 114 valence electrons. The Morgan fingerprint density at radius 3 is 2.70 bits per heavy atom. The van der Waals surface area contributed by atoms with Gasteiger partial charge in [-0.05, 0) is 0 Å². The molecule has 0 aromatic carbocycles. The number of hydrogen-bond donors (Lipinski definition) is 2. The minimum absolute atomic E-state index is 0.0532. The van der Waals surface area contributed by atoms with Crippen LogP contribution in [0.1, 0.15) is 0 Å². The SMILES string of the molecule is COCCOCCNS(=O)(=O)c1cc([N+](=O)[O-])c(N)s1. The number of nitro groups is 1. The van der Waals surface area contributed by atoms with E-state index in [0.717, 1.165) is 6.07 Å². The Labute approximate surface area is 119 Å². The first kappa shape index (κ1) is 16.8. The van der Waals surface area contributed by atoms with Gasteiger partial charge in [0.25, 0.3) is 0 Å². The van der Waals surface area contributed by atoms with Crippen molar-refractivity contribution >= 4 is 32.0 Å². The van der Waals surface area contributed by atoms with E-state index < -0.39 is 20.6 Å². The molecule has 1 aromatic rings. The van der Waals surface area contributed by atoms with Crippen molar-refractivity contribution in [2.24, 2.45) is 0 Å². The van der Waals surface area contributed by atoms with E-state index in [9.17, 15) is 18.5 Å². The van der Waals surface area contributed by atoms with E-state index in [1.165, 1.54) is 7.11 Å². The largest absolute Gasteiger partial charge is 0.385 e. The van der Waals surface area contributed by atoms with Gasteiger partial charge in [-0.3, -0.25) is 10.1 Å². The summed E-state index contributed by atoms with van der Waals surface area (Å²) < 4.78 is 35.6. The normalized spacial score (nSPS) is 11.7. The molecule has 1 aromatic heterocycles. The van der Waals surface area contributed by atoms with Gasteiger partial charge < -0.3 is 15.2 Å². The third-order valence-electron chi connectivity index (χ3n) is 2.15. The highest BCUT2D eigenvalue weighted by Crippen LogP contribution is 2.34. The fraction of sp³-hybridized carbons (Fsp3) is 0.556. The van der Waals surface area contributed by atoms with Crippen molar-refractivity contribution in [3.8, 4) is 0 Å². The Morgan fingerprint density at radius 1 is 1.45 bits per heavy atom. The number of methoxy groups -OCH3 is 1. The molecule has 9 nitrogen and oxygen atoms in total. The summed E-state index contributed by atoms with van der Waals surface area (Å²) in [4.78, 5) is 9.88. The zero-order valence-corrected chi connectivity index (χ0v) is 12.3. The van der Waals surface area contributed by atoms with Crippen LogP contribution in [0, 0.1) is 10.1 Å². The van der Waals surface area contributed by atoms with Crippen LogP contribution in [0.5, 0.6) is 0 Å². The van der Waals surface area contributed by atoms with Gasteiger partial charge in [0.15, 0.2) is 5.00 Å². The van der Waals surface area contributed by atoms with Gasteiger partial charge in [0, 0.05) is 19.7 Å². The molecular formula is C9H15N3O6S2. The summed E-state index contributed by atoms with van der Waals surface area (Å²) in [7, 11) is -2.29. The molecule has 20 heavy (non-hydrogen) atoms. The summed E-state index contributed by atoms with van der Waals surface area (Å²) in [5.41, 5.74) is 4.98. The lowest BCUT2D eigenvalue weighted by molar-refractivity contribution is -0.383. The van der Waals surface area contributed by atoms with Gasteiger partial charge in [0.1, 0.15) is 4.21 Å². The quantitative estimate of drug-likeness (QED) is 0.376. The molecule has 1 heterocycles. The molecule has 0 radical (unpaired) electrons. The maximum Gasteiger partial charge on any atom is 0.304 e. The summed E-state index contributed by atoms with van der Waals surface area (Å²) in [5.74, 6) is 0. The van der Waals surface area contributed by atoms with Gasteiger partial charge >= 0.3 is 5.69 Å². The zero-order chi connectivity index (χ0) is 15.2. The van der Waals surface area contributed by atoms with Crippen LogP contribution in [-0.4, -0.2) is 46.8 Å². The second kappa shape index (κ2) is 7.50. The Balaban J connectivity index is 2.56. The van der Waals surface area contributed by atoms with Crippen LogP contribution in [0.25, 0.3) is 0 Å². The number of rotatable bonds is 9. The number of hydrogen-bond acceptors (Lipinski definition) is 8. The van der Waals surface area contributed by atoms with Crippen molar-refractivity contribution in [1.29, 1.82) is 0 Å². The molecule has 0 bridgehead atoms. The number of nitrogens with zero attached hydrogens (tertiary/aromatic N) is 1. The van der Waals surface area contributed by atoms with Crippen LogP contribution in [0.15, 0.2) is 10.3 Å². The zero-order valence-electron chi connectivity index (χ0n) is 10.7. The number of nitrogens with one attached hydrogen (secondary N) is 1. The summed E-state index contributed by atoms with van der Waals surface area (Å²) >= 11 is 0.646. The minimum Gasteiger partial charge on any atom is -0.385 e. The van der Waals surface area contributed by atoms with Gasteiger partial charge in [-0.2, -0.15) is 0 Å².